The van der Waals surface area contributed by atoms with Crippen LogP contribution in [-0.4, -0.2) is 79.2 Å². The summed E-state index contributed by atoms with van der Waals surface area (Å²) >= 11 is 0. The third kappa shape index (κ3) is 9.31. The van der Waals surface area contributed by atoms with Gasteiger partial charge in [-0.15, -0.1) is 0 Å². The number of carboxylic acid groups (broad SMARTS) is 4. The number of hydrogen-bond acceptors (Lipinski definition) is 8. The van der Waals surface area contributed by atoms with E-state index in [9.17, 15) is 29.4 Å². The van der Waals surface area contributed by atoms with Crippen molar-refractivity contribution in [2.24, 2.45) is 16.8 Å². The van der Waals surface area contributed by atoms with Gasteiger partial charge in [0.1, 0.15) is 6.04 Å². The van der Waals surface area contributed by atoms with Crippen LogP contribution in [0.4, 0.5) is 0 Å². The Morgan fingerprint density at radius 3 is 2.34 bits per heavy atom. The highest BCUT2D eigenvalue weighted by Gasteiger charge is 2.27. The van der Waals surface area contributed by atoms with Crippen molar-refractivity contribution in [2.45, 2.75) is 85.7 Å². The second-order valence-corrected chi connectivity index (χ2v) is 13.5. The minimum absolute atomic E-state index is 0.0189. The van der Waals surface area contributed by atoms with Gasteiger partial charge in [-0.25, -0.2) is 4.79 Å². The van der Waals surface area contributed by atoms with Crippen LogP contribution in [0.3, 0.4) is 0 Å². The molecule has 0 bridgehead atoms. The number of aromatic nitrogens is 2. The average molecular weight is 732 g/mol. The molecule has 0 saturated carbocycles. The number of aromatic carboxylic acids is 1. The number of carboxylic acids is 4. The number of carbonyl (C=O) groups is 4. The predicted molar refractivity (Wildman–Crippen MR) is 202 cm³/mol. The molecule has 2 aliphatic heterocycles. The molecule has 2 aromatic heterocycles. The smallest absolute Gasteiger partial charge is 0.338 e. The largest absolute Gasteiger partial charge is 0.481 e. The number of nitrogens with one attached hydrogen (secondary N) is 4. The Bertz CT molecular complexity index is 2050. The molecule has 0 radical (unpaired) electrons. The van der Waals surface area contributed by atoms with Gasteiger partial charge in [0.2, 0.25) is 0 Å². The van der Waals surface area contributed by atoms with E-state index in [-0.39, 0.29) is 42.9 Å². The molecule has 8 N–H and O–H groups in total. The van der Waals surface area contributed by atoms with Crippen LogP contribution in [0.15, 0.2) is 34.1 Å². The first-order valence-corrected chi connectivity index (χ1v) is 17.5. The minimum Gasteiger partial charge on any atom is -0.481 e. The van der Waals surface area contributed by atoms with E-state index in [0.717, 1.165) is 51.5 Å². The molecule has 1 unspecified atom stereocenters. The Hall–Kier alpha value is -5.47. The van der Waals surface area contributed by atoms with Gasteiger partial charge in [0.15, 0.2) is 0 Å². The summed E-state index contributed by atoms with van der Waals surface area (Å²) < 4.78 is 0. The molecule has 14 nitrogen and oxygen atoms in total. The van der Waals surface area contributed by atoms with Crippen LogP contribution in [-0.2, 0) is 19.2 Å². The maximum atomic E-state index is 12.4. The fourth-order valence-electron chi connectivity index (χ4n) is 6.82. The molecule has 284 valence electrons. The van der Waals surface area contributed by atoms with Crippen LogP contribution >= 0.6 is 0 Å². The molecule has 0 aliphatic carbocycles. The maximum Gasteiger partial charge on any atom is 0.338 e. The van der Waals surface area contributed by atoms with Crippen molar-refractivity contribution in [3.63, 3.8) is 0 Å². The van der Waals surface area contributed by atoms with E-state index in [0.29, 0.717) is 28.3 Å². The van der Waals surface area contributed by atoms with E-state index in [4.69, 9.17) is 15.1 Å². The SMILES string of the molecule is C=Cc1c(/C=C2\NC(/C=c3\[nH]/c(=C(\C)CCON[C@@H](CC(=O)O)C(=O)O)c(C(=O)O)c3C)C(CC)=C2C)[nH]c(/C=C2\N=C[C@@H](CCC(=O)O)[C@@H]2C)c1C. The minimum atomic E-state index is -1.43. The van der Waals surface area contributed by atoms with Crippen LogP contribution < -0.4 is 21.5 Å². The second kappa shape index (κ2) is 17.4. The summed E-state index contributed by atoms with van der Waals surface area (Å²) in [4.78, 5) is 62.4. The number of aliphatic imine (C=N–C) groups is 1. The van der Waals surface area contributed by atoms with Crippen LogP contribution in [0.1, 0.15) is 98.2 Å². The molecule has 2 aromatic rings. The van der Waals surface area contributed by atoms with Crippen molar-refractivity contribution in [3.8, 4) is 0 Å². The van der Waals surface area contributed by atoms with Crippen molar-refractivity contribution < 1.29 is 44.4 Å². The van der Waals surface area contributed by atoms with Gasteiger partial charge < -0.3 is 40.5 Å². The lowest BCUT2D eigenvalue weighted by Crippen LogP contribution is -2.38. The zero-order valence-corrected chi connectivity index (χ0v) is 30.9. The Kier molecular flexibility index (Phi) is 13.2. The molecule has 4 rings (SSSR count). The van der Waals surface area contributed by atoms with Gasteiger partial charge in [0.05, 0.1) is 30.0 Å². The van der Waals surface area contributed by atoms with Gasteiger partial charge in [-0.05, 0) is 93.0 Å². The Morgan fingerprint density at radius 2 is 1.74 bits per heavy atom. The van der Waals surface area contributed by atoms with Crippen LogP contribution in [0, 0.1) is 25.7 Å². The maximum absolute atomic E-state index is 12.4. The molecule has 53 heavy (non-hydrogen) atoms. The summed E-state index contributed by atoms with van der Waals surface area (Å²) in [6.45, 7) is 15.7. The molecule has 0 amide bonds. The van der Waals surface area contributed by atoms with Crippen molar-refractivity contribution in [2.75, 3.05) is 6.61 Å². The van der Waals surface area contributed by atoms with E-state index >= 15 is 0 Å². The van der Waals surface area contributed by atoms with Gasteiger partial charge in [0, 0.05) is 58.2 Å². The van der Waals surface area contributed by atoms with Crippen LogP contribution in [0.25, 0.3) is 29.9 Å². The highest BCUT2D eigenvalue weighted by molar-refractivity contribution is 5.90. The zero-order chi connectivity index (χ0) is 39.1. The first-order chi connectivity index (χ1) is 25.1. The Labute approximate surface area is 307 Å². The number of aliphatic carboxylic acids is 3. The number of allylic oxidation sites excluding steroid dienone is 2. The first kappa shape index (κ1) is 40.3. The number of hydroxylamine groups is 1. The second-order valence-electron chi connectivity index (χ2n) is 13.5. The molecule has 14 heteroatoms. The van der Waals surface area contributed by atoms with E-state index in [1.165, 1.54) is 0 Å². The van der Waals surface area contributed by atoms with Gasteiger partial charge in [-0.1, -0.05) is 26.5 Å². The number of rotatable bonds is 17. The number of hydrogen-bond donors (Lipinski definition) is 8. The molecule has 0 saturated heterocycles. The van der Waals surface area contributed by atoms with Gasteiger partial charge >= 0.3 is 23.9 Å². The highest BCUT2D eigenvalue weighted by Crippen LogP contribution is 2.34. The Morgan fingerprint density at radius 1 is 1.02 bits per heavy atom. The fourth-order valence-corrected chi connectivity index (χ4v) is 6.82. The van der Waals surface area contributed by atoms with Crippen LogP contribution in [0.5, 0.6) is 0 Å². The molecular weight excluding hydrogens is 682 g/mol. The third-order valence-electron chi connectivity index (χ3n) is 10.1. The summed E-state index contributed by atoms with van der Waals surface area (Å²) in [5, 5.41) is 42.1. The lowest BCUT2D eigenvalue weighted by Gasteiger charge is -2.12. The van der Waals surface area contributed by atoms with Gasteiger partial charge in [-0.3, -0.25) is 19.4 Å². The molecule has 0 aromatic carbocycles. The Balaban J connectivity index is 1.61. The predicted octanol–water partition coefficient (Wildman–Crippen LogP) is 4.37. The van der Waals surface area contributed by atoms with Crippen LogP contribution in [0.2, 0.25) is 0 Å². The summed E-state index contributed by atoms with van der Waals surface area (Å²) in [6.07, 6.45) is 10.7. The topological polar surface area (TPSA) is 226 Å². The van der Waals surface area contributed by atoms with E-state index in [2.05, 4.69) is 59.2 Å². The summed E-state index contributed by atoms with van der Waals surface area (Å²) in [5.74, 6) is -4.41. The highest BCUT2D eigenvalue weighted by atomic mass is 16.6. The van der Waals surface area contributed by atoms with E-state index in [1.807, 2.05) is 31.4 Å². The molecular formula is C39H49N5O9. The number of H-pyrrole nitrogens is 2. The van der Waals surface area contributed by atoms with Crippen molar-refractivity contribution in [1.82, 2.24) is 20.8 Å². The fraction of sp³-hybridized carbons (Fsp3) is 0.410. The lowest BCUT2D eigenvalue weighted by molar-refractivity contribution is -0.150. The normalized spacial score (nSPS) is 21.4. The number of aromatic amines is 2. The van der Waals surface area contributed by atoms with E-state index < -0.39 is 36.3 Å². The lowest BCUT2D eigenvalue weighted by atomic mass is 9.90. The molecule has 0 fully saturated rings. The van der Waals surface area contributed by atoms with Crippen molar-refractivity contribution in [1.29, 1.82) is 0 Å². The number of nitrogens with zero attached hydrogens (tertiary/aromatic N) is 1. The zero-order valence-electron chi connectivity index (χ0n) is 30.9. The summed E-state index contributed by atoms with van der Waals surface area (Å²) in [5.41, 5.74) is 11.3. The average Bonchev–Trinajstić information content (AvgIpc) is 3.79. The monoisotopic (exact) mass is 731 g/mol. The van der Waals surface area contributed by atoms with Crippen molar-refractivity contribution in [3.05, 3.63) is 73.5 Å². The molecule has 0 spiro atoms. The summed E-state index contributed by atoms with van der Waals surface area (Å²) in [7, 11) is 0. The van der Waals surface area contributed by atoms with Gasteiger partial charge in [-0.2, -0.15) is 5.48 Å². The molecule has 2 aliphatic rings. The summed E-state index contributed by atoms with van der Waals surface area (Å²) in [6, 6.07) is -1.65. The molecule has 4 heterocycles. The van der Waals surface area contributed by atoms with Gasteiger partial charge in [0.25, 0.3) is 0 Å². The quantitative estimate of drug-likeness (QED) is 0.0842. The first-order valence-electron chi connectivity index (χ1n) is 17.5. The standard InChI is InChI=1S/C39H49N5O9/c1-8-25-21(5)28(14-27-20(4)24(18-40-27)10-11-34(45)46)41-31(25)15-29-22(6)26(9-2)32(42-29)16-30-23(7)36(39(51)52)37(43-30)19(3)12-13-53-44-33(38(49)50)17-35(47)48/h8,14-16,18,20,24,32-33,41-44H,1,9-13,17H2,2-7H3,(H,45,46)(H,47,48)(H,49,50)(H,51,52)/b27-14-,29-15-,30-16-,37-19+/t20-,24+,32?,33-/m0/s1. The van der Waals surface area contributed by atoms with Crippen molar-refractivity contribution >= 4 is 60.0 Å². The van der Waals surface area contributed by atoms with E-state index in [1.54, 1.807) is 13.8 Å². The third-order valence-corrected chi connectivity index (χ3v) is 10.1. The molecule has 4 atom stereocenters.